The maximum atomic E-state index is 13.3. The van der Waals surface area contributed by atoms with E-state index in [0.717, 1.165) is 12.1 Å². The summed E-state index contributed by atoms with van der Waals surface area (Å²) < 4.78 is 13.3. The molecule has 0 spiro atoms. The Balaban J connectivity index is 2.92. The molecule has 92 valence electrons. The zero-order valence-corrected chi connectivity index (χ0v) is 9.45. The Bertz CT molecular complexity index is 466. The summed E-state index contributed by atoms with van der Waals surface area (Å²) in [5.41, 5.74) is 4.16. The van der Waals surface area contributed by atoms with Gasteiger partial charge in [-0.05, 0) is 32.0 Å². The molecule has 0 aliphatic rings. The molecule has 0 radical (unpaired) electrons. The van der Waals surface area contributed by atoms with Crippen LogP contribution in [-0.4, -0.2) is 22.5 Å². The van der Waals surface area contributed by atoms with Crippen molar-refractivity contribution in [2.24, 2.45) is 5.73 Å². The molecule has 0 atom stereocenters. The van der Waals surface area contributed by atoms with Crippen molar-refractivity contribution in [2.75, 3.05) is 5.32 Å². The predicted octanol–water partition coefficient (Wildman–Crippen LogP) is 1.20. The highest BCUT2D eigenvalue weighted by Gasteiger charge is 2.22. The van der Waals surface area contributed by atoms with E-state index >= 15 is 0 Å². The highest BCUT2D eigenvalue weighted by Crippen LogP contribution is 2.15. The van der Waals surface area contributed by atoms with Crippen LogP contribution in [0.1, 0.15) is 24.2 Å². The molecule has 0 heterocycles. The number of nitrogens with one attached hydrogen (secondary N) is 1. The fourth-order valence-corrected chi connectivity index (χ4v) is 1.06. The number of carbonyl (C=O) groups is 2. The number of amides is 1. The number of aromatic carboxylic acids is 1. The van der Waals surface area contributed by atoms with Crippen molar-refractivity contribution >= 4 is 17.6 Å². The number of benzene rings is 1. The lowest BCUT2D eigenvalue weighted by atomic mass is 10.1. The van der Waals surface area contributed by atoms with E-state index in [9.17, 15) is 14.0 Å². The van der Waals surface area contributed by atoms with Crippen LogP contribution in [0.15, 0.2) is 18.2 Å². The van der Waals surface area contributed by atoms with Crippen LogP contribution in [0, 0.1) is 5.82 Å². The maximum Gasteiger partial charge on any atom is 0.338 e. The number of hydrogen-bond donors (Lipinski definition) is 3. The van der Waals surface area contributed by atoms with Crippen LogP contribution >= 0.6 is 0 Å². The SMILES string of the molecule is CC(C)(N)C(=O)Nc1ccc(C(=O)O)c(F)c1. The van der Waals surface area contributed by atoms with Crippen LogP contribution in [0.3, 0.4) is 0 Å². The van der Waals surface area contributed by atoms with Gasteiger partial charge in [0.2, 0.25) is 5.91 Å². The molecule has 0 fully saturated rings. The molecule has 1 aromatic rings. The van der Waals surface area contributed by atoms with Crippen LogP contribution in [0.2, 0.25) is 0 Å². The molecular formula is C11H13FN2O3. The summed E-state index contributed by atoms with van der Waals surface area (Å²) in [5, 5.41) is 11.0. The summed E-state index contributed by atoms with van der Waals surface area (Å²) in [6.45, 7) is 3.01. The van der Waals surface area contributed by atoms with Crippen LogP contribution in [-0.2, 0) is 4.79 Å². The largest absolute Gasteiger partial charge is 0.478 e. The number of carboxylic acids is 1. The van der Waals surface area contributed by atoms with E-state index in [4.69, 9.17) is 10.8 Å². The fourth-order valence-electron chi connectivity index (χ4n) is 1.06. The maximum absolute atomic E-state index is 13.3. The first-order valence-electron chi connectivity index (χ1n) is 4.85. The van der Waals surface area contributed by atoms with Gasteiger partial charge in [0.05, 0.1) is 11.1 Å². The fraction of sp³-hybridized carbons (Fsp3) is 0.273. The Morgan fingerprint density at radius 3 is 2.41 bits per heavy atom. The number of rotatable bonds is 3. The monoisotopic (exact) mass is 240 g/mol. The van der Waals surface area contributed by atoms with Gasteiger partial charge in [0.15, 0.2) is 0 Å². The standard InChI is InChI=1S/C11H13FN2O3/c1-11(2,13)10(17)14-6-3-4-7(9(15)16)8(12)5-6/h3-5H,13H2,1-2H3,(H,14,17)(H,15,16). The van der Waals surface area contributed by atoms with Crippen LogP contribution in [0.4, 0.5) is 10.1 Å². The normalized spacial score (nSPS) is 11.1. The third kappa shape index (κ3) is 3.25. The zero-order valence-electron chi connectivity index (χ0n) is 9.45. The van der Waals surface area contributed by atoms with Gasteiger partial charge >= 0.3 is 5.97 Å². The summed E-state index contributed by atoms with van der Waals surface area (Å²) in [4.78, 5) is 22.1. The van der Waals surface area contributed by atoms with Crippen LogP contribution in [0.5, 0.6) is 0 Å². The van der Waals surface area contributed by atoms with Crippen molar-refractivity contribution in [3.63, 3.8) is 0 Å². The number of carbonyl (C=O) groups excluding carboxylic acids is 1. The van der Waals surface area contributed by atoms with Gasteiger partial charge in [-0.3, -0.25) is 4.79 Å². The van der Waals surface area contributed by atoms with Crippen LogP contribution < -0.4 is 11.1 Å². The Morgan fingerprint density at radius 1 is 1.41 bits per heavy atom. The summed E-state index contributed by atoms with van der Waals surface area (Å²) in [7, 11) is 0. The van der Waals surface area contributed by atoms with Gasteiger partial charge in [0, 0.05) is 5.69 Å². The van der Waals surface area contributed by atoms with Crippen molar-refractivity contribution in [1.29, 1.82) is 0 Å². The van der Waals surface area contributed by atoms with Crippen molar-refractivity contribution in [1.82, 2.24) is 0 Å². The predicted molar refractivity (Wildman–Crippen MR) is 60.3 cm³/mol. The minimum Gasteiger partial charge on any atom is -0.478 e. The molecule has 6 heteroatoms. The number of carboxylic acid groups (broad SMARTS) is 1. The Morgan fingerprint density at radius 2 is 2.00 bits per heavy atom. The van der Waals surface area contributed by atoms with Gasteiger partial charge in [0.1, 0.15) is 5.82 Å². The van der Waals surface area contributed by atoms with Crippen molar-refractivity contribution in [2.45, 2.75) is 19.4 Å². The second-order valence-corrected chi connectivity index (χ2v) is 4.18. The first-order chi connectivity index (χ1) is 7.71. The van der Waals surface area contributed by atoms with Crippen molar-refractivity contribution in [3.8, 4) is 0 Å². The van der Waals surface area contributed by atoms with Gasteiger partial charge in [-0.1, -0.05) is 0 Å². The van der Waals surface area contributed by atoms with Crippen molar-refractivity contribution in [3.05, 3.63) is 29.6 Å². The van der Waals surface area contributed by atoms with E-state index in [0.29, 0.717) is 0 Å². The second kappa shape index (κ2) is 4.50. The van der Waals surface area contributed by atoms with E-state index in [-0.39, 0.29) is 5.69 Å². The van der Waals surface area contributed by atoms with Gasteiger partial charge in [-0.25, -0.2) is 9.18 Å². The molecule has 0 aliphatic carbocycles. The first-order valence-corrected chi connectivity index (χ1v) is 4.85. The molecular weight excluding hydrogens is 227 g/mol. The zero-order chi connectivity index (χ0) is 13.2. The number of halogens is 1. The van der Waals surface area contributed by atoms with E-state index in [1.54, 1.807) is 0 Å². The molecule has 4 N–H and O–H groups in total. The third-order valence-electron chi connectivity index (χ3n) is 2.04. The first kappa shape index (κ1) is 13.1. The summed E-state index contributed by atoms with van der Waals surface area (Å²) in [5.74, 6) is -2.76. The quantitative estimate of drug-likeness (QED) is 0.740. The minimum atomic E-state index is -1.36. The molecule has 0 aromatic heterocycles. The molecule has 17 heavy (non-hydrogen) atoms. The lowest BCUT2D eigenvalue weighted by Gasteiger charge is -2.17. The summed E-state index contributed by atoms with van der Waals surface area (Å²) in [6, 6.07) is 3.32. The van der Waals surface area contributed by atoms with E-state index in [2.05, 4.69) is 5.32 Å². The number of hydrogen-bond acceptors (Lipinski definition) is 3. The van der Waals surface area contributed by atoms with E-state index in [1.165, 1.54) is 19.9 Å². The van der Waals surface area contributed by atoms with E-state index in [1.807, 2.05) is 0 Å². The lowest BCUT2D eigenvalue weighted by Crippen LogP contribution is -2.45. The second-order valence-electron chi connectivity index (χ2n) is 4.18. The highest BCUT2D eigenvalue weighted by molar-refractivity contribution is 5.97. The Kier molecular flexibility index (Phi) is 3.47. The van der Waals surface area contributed by atoms with Gasteiger partial charge in [-0.15, -0.1) is 0 Å². The summed E-state index contributed by atoms with van der Waals surface area (Å²) in [6.07, 6.45) is 0. The summed E-state index contributed by atoms with van der Waals surface area (Å²) >= 11 is 0. The van der Waals surface area contributed by atoms with Crippen molar-refractivity contribution < 1.29 is 19.1 Å². The third-order valence-corrected chi connectivity index (χ3v) is 2.04. The number of anilines is 1. The molecule has 0 bridgehead atoms. The Labute approximate surface area is 97.4 Å². The molecule has 1 rings (SSSR count). The highest BCUT2D eigenvalue weighted by atomic mass is 19.1. The average Bonchev–Trinajstić information content (AvgIpc) is 2.15. The number of nitrogens with two attached hydrogens (primary N) is 1. The van der Waals surface area contributed by atoms with Gasteiger partial charge in [0.25, 0.3) is 0 Å². The molecule has 0 saturated heterocycles. The molecule has 0 saturated carbocycles. The topological polar surface area (TPSA) is 92.4 Å². The van der Waals surface area contributed by atoms with E-state index < -0.39 is 28.8 Å². The van der Waals surface area contributed by atoms with Gasteiger partial charge in [-0.2, -0.15) is 0 Å². The molecule has 0 unspecified atom stereocenters. The average molecular weight is 240 g/mol. The molecule has 1 aromatic carbocycles. The lowest BCUT2D eigenvalue weighted by molar-refractivity contribution is -0.120. The minimum absolute atomic E-state index is 0.163. The molecule has 1 amide bonds. The Hall–Kier alpha value is -1.95. The van der Waals surface area contributed by atoms with Gasteiger partial charge < -0.3 is 16.2 Å². The molecule has 5 nitrogen and oxygen atoms in total. The van der Waals surface area contributed by atoms with Crippen LogP contribution in [0.25, 0.3) is 0 Å². The smallest absolute Gasteiger partial charge is 0.338 e. The molecule has 0 aliphatic heterocycles.